The van der Waals surface area contributed by atoms with Gasteiger partial charge in [-0.15, -0.1) is 0 Å². The molecule has 2 heteroatoms. The number of nitrogens with zero attached hydrogens (tertiary/aromatic N) is 2. The average Bonchev–Trinajstić information content (AvgIpc) is 3.76. The van der Waals surface area contributed by atoms with Gasteiger partial charge in [0.05, 0.1) is 16.7 Å². The molecule has 0 aliphatic rings. The molecule has 0 atom stereocenters. The number of anilines is 3. The molecule has 0 saturated heterocycles. The van der Waals surface area contributed by atoms with Gasteiger partial charge in [-0.2, -0.15) is 0 Å². The van der Waals surface area contributed by atoms with Crippen LogP contribution in [0.4, 0.5) is 17.1 Å². The van der Waals surface area contributed by atoms with Gasteiger partial charge in [0.25, 0.3) is 0 Å². The molecule has 0 N–H and O–H groups in total. The largest absolute Gasteiger partial charge is 0.310 e. The fourth-order valence-electron chi connectivity index (χ4n) is 10.1. The number of para-hydroxylation sites is 3. The molecular weight excluding hydrogens is 821 g/mol. The van der Waals surface area contributed by atoms with Gasteiger partial charge < -0.3 is 9.47 Å². The number of fused-ring (bicyclic) bond motifs is 3. The van der Waals surface area contributed by atoms with E-state index < -0.39 is 0 Å². The molecule has 0 aliphatic heterocycles. The Balaban J connectivity index is 0.984. The second-order valence-electron chi connectivity index (χ2n) is 17.2. The van der Waals surface area contributed by atoms with Crippen molar-refractivity contribution in [1.29, 1.82) is 0 Å². The number of hydrogen-bond acceptors (Lipinski definition) is 1. The summed E-state index contributed by atoms with van der Waals surface area (Å²) in [6, 6.07) is 101. The minimum Gasteiger partial charge on any atom is -0.310 e. The molecule has 11 aromatic carbocycles. The van der Waals surface area contributed by atoms with Crippen LogP contribution in [0.2, 0.25) is 0 Å². The summed E-state index contributed by atoms with van der Waals surface area (Å²) in [4.78, 5) is 2.42. The molecule has 0 unspecified atom stereocenters. The Kier molecular flexibility index (Phi) is 10.6. The molecule has 0 saturated carbocycles. The molecule has 320 valence electrons. The summed E-state index contributed by atoms with van der Waals surface area (Å²) in [6.07, 6.45) is 0. The van der Waals surface area contributed by atoms with Crippen LogP contribution >= 0.6 is 0 Å². The van der Waals surface area contributed by atoms with Crippen molar-refractivity contribution < 1.29 is 0 Å². The summed E-state index contributed by atoms with van der Waals surface area (Å²) in [7, 11) is 0. The molecule has 12 rings (SSSR count). The SMILES string of the molecule is c1ccc(-c2ccccc2-c2ccc(N(c3ccc(-c4cccc(-n5c6ccccc6c6ccccc65)c4)cc3)c3ccccc3-c3ccccc3-c3ccccc3-c3ccccc3)cc2)cc1. The van der Waals surface area contributed by atoms with Crippen molar-refractivity contribution in [3.05, 3.63) is 279 Å². The van der Waals surface area contributed by atoms with E-state index in [9.17, 15) is 0 Å². The summed E-state index contributed by atoms with van der Waals surface area (Å²) in [5.74, 6) is 0. The smallest absolute Gasteiger partial charge is 0.0541 e. The lowest BCUT2D eigenvalue weighted by Crippen LogP contribution is -2.11. The van der Waals surface area contributed by atoms with Gasteiger partial charge in [0.15, 0.2) is 0 Å². The third-order valence-electron chi connectivity index (χ3n) is 13.3. The number of hydrogen-bond donors (Lipinski definition) is 0. The van der Waals surface area contributed by atoms with Crippen molar-refractivity contribution in [2.45, 2.75) is 0 Å². The highest BCUT2D eigenvalue weighted by Crippen LogP contribution is 2.46. The second kappa shape index (κ2) is 17.8. The van der Waals surface area contributed by atoms with Crippen molar-refractivity contribution in [1.82, 2.24) is 4.57 Å². The van der Waals surface area contributed by atoms with Crippen molar-refractivity contribution in [2.24, 2.45) is 0 Å². The maximum absolute atomic E-state index is 2.42. The summed E-state index contributed by atoms with van der Waals surface area (Å²) < 4.78 is 2.39. The molecule has 0 fully saturated rings. The van der Waals surface area contributed by atoms with E-state index in [2.05, 4.69) is 289 Å². The maximum atomic E-state index is 2.42. The monoisotopic (exact) mass is 866 g/mol. The molecular formula is C66H46N2. The first-order valence-electron chi connectivity index (χ1n) is 23.3. The topological polar surface area (TPSA) is 8.17 Å². The quantitative estimate of drug-likeness (QED) is 0.133. The Morgan fingerprint density at radius 3 is 1.15 bits per heavy atom. The Labute approximate surface area is 397 Å². The van der Waals surface area contributed by atoms with E-state index >= 15 is 0 Å². The molecule has 0 radical (unpaired) electrons. The predicted molar refractivity (Wildman–Crippen MR) is 288 cm³/mol. The first-order chi connectivity index (χ1) is 33.8. The van der Waals surface area contributed by atoms with E-state index in [1.807, 2.05) is 0 Å². The highest BCUT2D eigenvalue weighted by Gasteiger charge is 2.21. The molecule has 2 nitrogen and oxygen atoms in total. The van der Waals surface area contributed by atoms with Crippen LogP contribution in [-0.2, 0) is 0 Å². The summed E-state index contributed by atoms with van der Waals surface area (Å²) in [5.41, 5.74) is 21.0. The normalized spacial score (nSPS) is 11.2. The fourth-order valence-corrected chi connectivity index (χ4v) is 10.1. The lowest BCUT2D eigenvalue weighted by atomic mass is 9.88. The summed E-state index contributed by atoms with van der Waals surface area (Å²) in [6.45, 7) is 0. The van der Waals surface area contributed by atoms with Crippen molar-refractivity contribution >= 4 is 38.9 Å². The van der Waals surface area contributed by atoms with Gasteiger partial charge in [-0.1, -0.05) is 224 Å². The zero-order chi connectivity index (χ0) is 45.2. The van der Waals surface area contributed by atoms with Crippen LogP contribution < -0.4 is 4.90 Å². The summed E-state index contributed by atoms with van der Waals surface area (Å²) in [5, 5.41) is 2.52. The number of benzene rings is 11. The van der Waals surface area contributed by atoms with Crippen LogP contribution in [0.25, 0.3) is 94.3 Å². The van der Waals surface area contributed by atoms with E-state index in [0.29, 0.717) is 0 Å². The lowest BCUT2D eigenvalue weighted by molar-refractivity contribution is 1.18. The van der Waals surface area contributed by atoms with Gasteiger partial charge in [-0.3, -0.25) is 0 Å². The van der Waals surface area contributed by atoms with Gasteiger partial charge in [0, 0.05) is 33.4 Å². The third kappa shape index (κ3) is 7.45. The van der Waals surface area contributed by atoms with Crippen LogP contribution in [0.3, 0.4) is 0 Å². The van der Waals surface area contributed by atoms with Crippen LogP contribution in [-0.4, -0.2) is 4.57 Å². The first-order valence-corrected chi connectivity index (χ1v) is 23.3. The molecule has 1 heterocycles. The minimum atomic E-state index is 1.07. The van der Waals surface area contributed by atoms with Crippen molar-refractivity contribution in [2.75, 3.05) is 4.90 Å². The van der Waals surface area contributed by atoms with E-state index in [0.717, 1.165) is 39.4 Å². The van der Waals surface area contributed by atoms with Gasteiger partial charge >= 0.3 is 0 Å². The summed E-state index contributed by atoms with van der Waals surface area (Å²) >= 11 is 0. The van der Waals surface area contributed by atoms with E-state index in [-0.39, 0.29) is 0 Å². The Morgan fingerprint density at radius 2 is 0.603 bits per heavy atom. The lowest BCUT2D eigenvalue weighted by Gasteiger charge is -2.29. The highest BCUT2D eigenvalue weighted by atomic mass is 15.1. The van der Waals surface area contributed by atoms with Gasteiger partial charge in [0.1, 0.15) is 0 Å². The van der Waals surface area contributed by atoms with Gasteiger partial charge in [-0.25, -0.2) is 0 Å². The molecule has 0 bridgehead atoms. The van der Waals surface area contributed by atoms with Crippen LogP contribution in [0, 0.1) is 0 Å². The average molecular weight is 867 g/mol. The molecule has 0 aliphatic carbocycles. The standard InChI is InChI=1S/C66H46N2/c1-3-20-48(21-4-1)55-26-7-8-27-56(55)50-40-44-53(45-41-50)67(64-35-16-13-32-61(64)60-31-12-11-30-59(60)58-29-10-9-28-57(58)49-22-5-2-6-23-49)52-42-38-47(39-43-52)51-24-19-25-54(46-51)68-65-36-17-14-33-62(65)63-34-15-18-37-66(63)68/h1-46H. The first kappa shape index (κ1) is 40.5. The van der Waals surface area contributed by atoms with E-state index in [1.54, 1.807) is 0 Å². The molecule has 12 aromatic rings. The molecule has 1 aromatic heterocycles. The highest BCUT2D eigenvalue weighted by molar-refractivity contribution is 6.09. The van der Waals surface area contributed by atoms with Crippen LogP contribution in [0.1, 0.15) is 0 Å². The Morgan fingerprint density at radius 1 is 0.235 bits per heavy atom. The van der Waals surface area contributed by atoms with Gasteiger partial charge in [-0.05, 0) is 116 Å². The maximum Gasteiger partial charge on any atom is 0.0541 e. The van der Waals surface area contributed by atoms with Crippen molar-refractivity contribution in [3.63, 3.8) is 0 Å². The Bertz CT molecular complexity index is 3660. The second-order valence-corrected chi connectivity index (χ2v) is 17.2. The van der Waals surface area contributed by atoms with Gasteiger partial charge in [0.2, 0.25) is 0 Å². The van der Waals surface area contributed by atoms with Crippen molar-refractivity contribution in [3.8, 4) is 72.4 Å². The van der Waals surface area contributed by atoms with E-state index in [1.165, 1.54) is 71.9 Å². The predicted octanol–water partition coefficient (Wildman–Crippen LogP) is 18.3. The molecule has 0 amide bonds. The molecule has 0 spiro atoms. The van der Waals surface area contributed by atoms with Crippen LogP contribution in [0.15, 0.2) is 279 Å². The third-order valence-corrected chi connectivity index (χ3v) is 13.3. The zero-order valence-corrected chi connectivity index (χ0v) is 37.5. The fraction of sp³-hybridized carbons (Fsp3) is 0. The minimum absolute atomic E-state index is 1.07. The number of rotatable bonds is 10. The number of aromatic nitrogens is 1. The van der Waals surface area contributed by atoms with E-state index in [4.69, 9.17) is 0 Å². The Hall–Kier alpha value is -8.98. The van der Waals surface area contributed by atoms with Crippen LogP contribution in [0.5, 0.6) is 0 Å². The zero-order valence-electron chi connectivity index (χ0n) is 37.5. The molecule has 68 heavy (non-hydrogen) atoms.